The molecule has 1 N–H and O–H groups in total. The molecule has 25 heavy (non-hydrogen) atoms. The van der Waals surface area contributed by atoms with E-state index in [2.05, 4.69) is 5.32 Å². The van der Waals surface area contributed by atoms with Crippen molar-refractivity contribution in [1.29, 1.82) is 5.26 Å². The summed E-state index contributed by atoms with van der Waals surface area (Å²) in [5, 5.41) is 12.1. The Labute approximate surface area is 146 Å². The molecular weight excluding hydrogens is 316 g/mol. The van der Waals surface area contributed by atoms with Gasteiger partial charge in [0, 0.05) is 23.3 Å². The summed E-state index contributed by atoms with van der Waals surface area (Å²) >= 11 is 0. The van der Waals surface area contributed by atoms with Gasteiger partial charge in [0.15, 0.2) is 11.5 Å². The summed E-state index contributed by atoms with van der Waals surface area (Å²) in [7, 11) is 1.60. The number of carbonyl (C=O) groups excluding carboxylic acids is 1. The Morgan fingerprint density at radius 1 is 1.24 bits per heavy atom. The van der Waals surface area contributed by atoms with Crippen LogP contribution in [0.4, 0.5) is 0 Å². The molecular formula is C20H18N2O3. The van der Waals surface area contributed by atoms with Crippen LogP contribution in [0.5, 0.6) is 11.5 Å². The highest BCUT2D eigenvalue weighted by Crippen LogP contribution is 2.36. The van der Waals surface area contributed by atoms with Gasteiger partial charge >= 0.3 is 0 Å². The lowest BCUT2D eigenvalue weighted by atomic mass is 10.0. The van der Waals surface area contributed by atoms with Crippen molar-refractivity contribution in [2.75, 3.05) is 7.11 Å². The SMILES string of the molecule is COc1ccc2c(c1)OC(C)(C)N/C2=C\C(=O)c1ccc(C#N)cc1. The average molecular weight is 334 g/mol. The number of nitrogens with zero attached hydrogens (tertiary/aromatic N) is 1. The van der Waals surface area contributed by atoms with Gasteiger partial charge in [-0.05, 0) is 50.2 Å². The first-order valence-electron chi connectivity index (χ1n) is 7.84. The number of methoxy groups -OCH3 is 1. The molecule has 2 aromatic carbocycles. The minimum atomic E-state index is -0.657. The van der Waals surface area contributed by atoms with Crippen molar-refractivity contribution >= 4 is 11.5 Å². The standard InChI is InChI=1S/C20H18N2O3/c1-20(2)22-17(16-9-8-15(24-3)10-19(16)25-20)11-18(23)14-6-4-13(12-21)5-7-14/h4-11,22H,1-3H3/b17-11-. The van der Waals surface area contributed by atoms with E-state index in [-0.39, 0.29) is 5.78 Å². The molecule has 1 aliphatic heterocycles. The van der Waals surface area contributed by atoms with E-state index in [4.69, 9.17) is 14.7 Å². The van der Waals surface area contributed by atoms with Crippen LogP contribution in [0.1, 0.15) is 35.3 Å². The lowest BCUT2D eigenvalue weighted by Crippen LogP contribution is -2.46. The third-order valence-corrected chi connectivity index (χ3v) is 3.85. The minimum absolute atomic E-state index is 0.147. The molecule has 0 radical (unpaired) electrons. The number of rotatable bonds is 3. The van der Waals surface area contributed by atoms with Crippen molar-refractivity contribution in [3.63, 3.8) is 0 Å². The second-order valence-corrected chi connectivity index (χ2v) is 6.21. The predicted octanol–water partition coefficient (Wildman–Crippen LogP) is 3.51. The van der Waals surface area contributed by atoms with E-state index < -0.39 is 5.72 Å². The Bertz CT molecular complexity index is 890. The van der Waals surface area contributed by atoms with E-state index in [1.807, 2.05) is 32.0 Å². The zero-order valence-electron chi connectivity index (χ0n) is 14.3. The summed E-state index contributed by atoms with van der Waals surface area (Å²) in [4.78, 5) is 12.6. The molecule has 2 aromatic rings. The van der Waals surface area contributed by atoms with Gasteiger partial charge in [-0.2, -0.15) is 5.26 Å². The van der Waals surface area contributed by atoms with E-state index in [0.29, 0.717) is 28.3 Å². The number of nitrogens with one attached hydrogen (secondary N) is 1. The number of nitriles is 1. The average Bonchev–Trinajstić information content (AvgIpc) is 2.60. The van der Waals surface area contributed by atoms with Crippen molar-refractivity contribution in [1.82, 2.24) is 5.32 Å². The molecule has 0 aromatic heterocycles. The van der Waals surface area contributed by atoms with Crippen molar-refractivity contribution in [2.24, 2.45) is 0 Å². The number of fused-ring (bicyclic) bond motifs is 1. The highest BCUT2D eigenvalue weighted by molar-refractivity contribution is 6.08. The molecule has 0 aliphatic carbocycles. The number of hydrogen-bond donors (Lipinski definition) is 1. The Morgan fingerprint density at radius 2 is 1.96 bits per heavy atom. The molecule has 0 amide bonds. The summed E-state index contributed by atoms with van der Waals surface area (Å²) in [5.41, 5.74) is 1.86. The first-order valence-corrected chi connectivity index (χ1v) is 7.84. The smallest absolute Gasteiger partial charge is 0.187 e. The molecule has 5 heteroatoms. The monoisotopic (exact) mass is 334 g/mol. The van der Waals surface area contributed by atoms with Crippen LogP contribution in [-0.2, 0) is 0 Å². The van der Waals surface area contributed by atoms with E-state index in [1.165, 1.54) is 0 Å². The maximum atomic E-state index is 12.6. The van der Waals surface area contributed by atoms with Gasteiger partial charge in [-0.15, -0.1) is 0 Å². The highest BCUT2D eigenvalue weighted by atomic mass is 16.5. The molecule has 0 fully saturated rings. The fraction of sp³-hybridized carbons (Fsp3) is 0.200. The summed E-state index contributed by atoms with van der Waals surface area (Å²) in [6, 6.07) is 14.1. The van der Waals surface area contributed by atoms with Gasteiger partial charge in [0.25, 0.3) is 0 Å². The van der Waals surface area contributed by atoms with Crippen molar-refractivity contribution in [3.8, 4) is 17.6 Å². The predicted molar refractivity (Wildman–Crippen MR) is 94.3 cm³/mol. The van der Waals surface area contributed by atoms with Crippen LogP contribution in [0.25, 0.3) is 5.70 Å². The lowest BCUT2D eigenvalue weighted by Gasteiger charge is -2.36. The fourth-order valence-corrected chi connectivity index (χ4v) is 2.67. The molecule has 0 spiro atoms. The maximum Gasteiger partial charge on any atom is 0.187 e. The quantitative estimate of drug-likeness (QED) is 0.687. The van der Waals surface area contributed by atoms with Crippen LogP contribution >= 0.6 is 0 Å². The van der Waals surface area contributed by atoms with E-state index >= 15 is 0 Å². The molecule has 0 unspecified atom stereocenters. The van der Waals surface area contributed by atoms with Gasteiger partial charge in [0.1, 0.15) is 11.5 Å². The molecule has 0 bridgehead atoms. The largest absolute Gasteiger partial charge is 0.497 e. The van der Waals surface area contributed by atoms with Crippen molar-refractivity contribution in [3.05, 3.63) is 65.2 Å². The molecule has 126 valence electrons. The Hall–Kier alpha value is -3.26. The van der Waals surface area contributed by atoms with Crippen LogP contribution < -0.4 is 14.8 Å². The van der Waals surface area contributed by atoms with Gasteiger partial charge < -0.3 is 14.8 Å². The molecule has 0 atom stereocenters. The lowest BCUT2D eigenvalue weighted by molar-refractivity contribution is 0.0813. The molecule has 1 heterocycles. The van der Waals surface area contributed by atoms with Crippen molar-refractivity contribution in [2.45, 2.75) is 19.6 Å². The van der Waals surface area contributed by atoms with Crippen LogP contribution in [0.2, 0.25) is 0 Å². The Morgan fingerprint density at radius 3 is 2.60 bits per heavy atom. The van der Waals surface area contributed by atoms with E-state index in [9.17, 15) is 4.79 Å². The second kappa shape index (κ2) is 6.33. The molecule has 5 nitrogen and oxygen atoms in total. The second-order valence-electron chi connectivity index (χ2n) is 6.21. The first-order chi connectivity index (χ1) is 11.9. The van der Waals surface area contributed by atoms with Gasteiger partial charge in [0.05, 0.1) is 24.4 Å². The van der Waals surface area contributed by atoms with Crippen LogP contribution in [-0.4, -0.2) is 18.6 Å². The maximum absolute atomic E-state index is 12.6. The summed E-state index contributed by atoms with van der Waals surface area (Å²) < 4.78 is 11.2. The van der Waals surface area contributed by atoms with Gasteiger partial charge in [-0.25, -0.2) is 0 Å². The minimum Gasteiger partial charge on any atom is -0.497 e. The summed E-state index contributed by atoms with van der Waals surface area (Å²) in [6.07, 6.45) is 1.55. The first kappa shape index (κ1) is 16.6. The molecule has 0 saturated carbocycles. The number of ether oxygens (including phenoxy) is 2. The zero-order valence-corrected chi connectivity index (χ0v) is 14.3. The van der Waals surface area contributed by atoms with Gasteiger partial charge in [-0.1, -0.05) is 0 Å². The van der Waals surface area contributed by atoms with E-state index in [0.717, 1.165) is 5.56 Å². The number of ketones is 1. The van der Waals surface area contributed by atoms with Crippen LogP contribution in [0.15, 0.2) is 48.5 Å². The molecule has 3 rings (SSSR count). The zero-order chi connectivity index (χ0) is 18.0. The Balaban J connectivity index is 1.99. The number of carbonyl (C=O) groups is 1. The van der Waals surface area contributed by atoms with E-state index in [1.54, 1.807) is 43.5 Å². The van der Waals surface area contributed by atoms with Crippen LogP contribution in [0.3, 0.4) is 0 Å². The number of allylic oxidation sites excluding steroid dienone is 1. The van der Waals surface area contributed by atoms with Gasteiger partial charge in [-0.3, -0.25) is 4.79 Å². The third kappa shape index (κ3) is 3.48. The molecule has 0 saturated heterocycles. The fourth-order valence-electron chi connectivity index (χ4n) is 2.67. The molecule has 1 aliphatic rings. The summed E-state index contributed by atoms with van der Waals surface area (Å²) in [6.45, 7) is 3.77. The normalized spacial score (nSPS) is 16.2. The summed E-state index contributed by atoms with van der Waals surface area (Å²) in [5.74, 6) is 1.20. The Kier molecular flexibility index (Phi) is 4.20. The van der Waals surface area contributed by atoms with Crippen molar-refractivity contribution < 1.29 is 14.3 Å². The number of hydrogen-bond acceptors (Lipinski definition) is 5. The number of benzene rings is 2. The third-order valence-electron chi connectivity index (χ3n) is 3.85. The highest BCUT2D eigenvalue weighted by Gasteiger charge is 2.29. The van der Waals surface area contributed by atoms with Crippen LogP contribution in [0, 0.1) is 11.3 Å². The van der Waals surface area contributed by atoms with Gasteiger partial charge in [0.2, 0.25) is 0 Å². The topological polar surface area (TPSA) is 71.3 Å².